The van der Waals surface area contributed by atoms with Crippen molar-refractivity contribution in [1.82, 2.24) is 0 Å². The number of aliphatic imine (C=N–C) groups is 2. The molecule has 0 atom stereocenters. The summed E-state index contributed by atoms with van der Waals surface area (Å²) in [6.07, 6.45) is -4.46. The lowest BCUT2D eigenvalue weighted by Gasteiger charge is -2.14. The van der Waals surface area contributed by atoms with Crippen molar-refractivity contribution in [3.8, 4) is 11.5 Å². The molecule has 0 aliphatic carbocycles. The fraction of sp³-hybridized carbons (Fsp3) is 0.188. The second kappa shape index (κ2) is 5.78. The predicted octanol–water partition coefficient (Wildman–Crippen LogP) is 4.88. The molecule has 0 bridgehead atoms. The number of aryl methyl sites for hydroxylation is 1. The average molecular weight is 320 g/mol. The van der Waals surface area contributed by atoms with E-state index in [-0.39, 0.29) is 18.2 Å². The van der Waals surface area contributed by atoms with Crippen molar-refractivity contribution in [2.75, 3.05) is 6.79 Å². The Kier molecular flexibility index (Phi) is 3.80. The number of ether oxygens (including phenoxy) is 2. The minimum absolute atomic E-state index is 0.0109. The van der Waals surface area contributed by atoms with Crippen LogP contribution < -0.4 is 9.47 Å². The van der Waals surface area contributed by atoms with E-state index in [1.807, 2.05) is 13.0 Å². The van der Waals surface area contributed by atoms with Gasteiger partial charge in [-0.15, -0.1) is 0 Å². The summed E-state index contributed by atoms with van der Waals surface area (Å²) in [5.41, 5.74) is 0.603. The summed E-state index contributed by atoms with van der Waals surface area (Å²) < 4.78 is 49.1. The molecular weight excluding hydrogens is 309 g/mol. The molecule has 7 heteroatoms. The lowest BCUT2D eigenvalue weighted by Crippen LogP contribution is -2.08. The van der Waals surface area contributed by atoms with Crippen molar-refractivity contribution >= 4 is 17.4 Å². The Morgan fingerprint density at radius 2 is 1.57 bits per heavy atom. The van der Waals surface area contributed by atoms with Crippen LogP contribution in [-0.4, -0.2) is 12.8 Å². The molecule has 0 N–H and O–H groups in total. The van der Waals surface area contributed by atoms with Crippen LogP contribution in [0, 0.1) is 6.92 Å². The fourth-order valence-corrected chi connectivity index (χ4v) is 2.03. The Morgan fingerprint density at radius 3 is 2.22 bits per heavy atom. The van der Waals surface area contributed by atoms with Crippen LogP contribution in [-0.2, 0) is 6.18 Å². The molecule has 1 aliphatic rings. The summed E-state index contributed by atoms with van der Waals surface area (Å²) in [5, 5.41) is 0. The van der Waals surface area contributed by atoms with Crippen molar-refractivity contribution < 1.29 is 22.6 Å². The maximum atomic E-state index is 12.8. The molecule has 0 fully saturated rings. The quantitative estimate of drug-likeness (QED) is 0.694. The van der Waals surface area contributed by atoms with Gasteiger partial charge in [0.1, 0.15) is 28.9 Å². The molecule has 2 aromatic rings. The second-order valence-electron chi connectivity index (χ2n) is 4.88. The summed E-state index contributed by atoms with van der Waals surface area (Å²) in [6, 6.07) is 10.7. The Balaban J connectivity index is 2.06. The summed E-state index contributed by atoms with van der Waals surface area (Å²) in [7, 11) is 0. The highest BCUT2D eigenvalue weighted by atomic mass is 19.4. The number of fused-ring (bicyclic) bond motifs is 2. The largest absolute Gasteiger partial charge is 0.455 e. The summed E-state index contributed by atoms with van der Waals surface area (Å²) >= 11 is 0. The number of benzene rings is 2. The minimum atomic E-state index is -4.46. The van der Waals surface area contributed by atoms with Gasteiger partial charge in [-0.05, 0) is 42.8 Å². The van der Waals surface area contributed by atoms with E-state index in [0.717, 1.165) is 17.7 Å². The van der Waals surface area contributed by atoms with Crippen molar-refractivity contribution in [3.63, 3.8) is 0 Å². The molecule has 0 radical (unpaired) electrons. The zero-order valence-corrected chi connectivity index (χ0v) is 12.0. The number of nitrogens with zero attached hydrogens (tertiary/aromatic N) is 2. The van der Waals surface area contributed by atoms with Crippen LogP contribution in [0.3, 0.4) is 0 Å². The zero-order chi connectivity index (χ0) is 16.4. The first-order chi connectivity index (χ1) is 10.9. The van der Waals surface area contributed by atoms with Gasteiger partial charge in [-0.2, -0.15) is 23.2 Å². The second-order valence-corrected chi connectivity index (χ2v) is 4.88. The van der Waals surface area contributed by atoms with Gasteiger partial charge in [0.2, 0.25) is 6.79 Å². The lowest BCUT2D eigenvalue weighted by atomic mass is 10.2. The van der Waals surface area contributed by atoms with Gasteiger partial charge in [0, 0.05) is 0 Å². The molecule has 0 unspecified atom stereocenters. The first-order valence-electron chi connectivity index (χ1n) is 6.67. The molecule has 4 nitrogen and oxygen atoms in total. The fourth-order valence-electron chi connectivity index (χ4n) is 2.03. The van der Waals surface area contributed by atoms with Crippen molar-refractivity contribution in [1.29, 1.82) is 0 Å². The first-order valence-corrected chi connectivity index (χ1v) is 6.67. The number of rotatable bonds is 0. The van der Waals surface area contributed by atoms with E-state index < -0.39 is 11.7 Å². The van der Waals surface area contributed by atoms with E-state index in [4.69, 9.17) is 9.47 Å². The maximum absolute atomic E-state index is 12.8. The molecule has 118 valence electrons. The molecule has 3 rings (SSSR count). The van der Waals surface area contributed by atoms with Gasteiger partial charge in [-0.1, -0.05) is 6.07 Å². The normalized spacial score (nSPS) is 13.6. The maximum Gasteiger partial charge on any atom is 0.416 e. The van der Waals surface area contributed by atoms with Gasteiger partial charge in [-0.25, -0.2) is 0 Å². The zero-order valence-electron chi connectivity index (χ0n) is 12.0. The average Bonchev–Trinajstić information content (AvgIpc) is 2.49. The van der Waals surface area contributed by atoms with Crippen LogP contribution in [0.1, 0.15) is 11.1 Å². The third kappa shape index (κ3) is 3.35. The molecule has 1 heterocycles. The molecule has 0 amide bonds. The summed E-state index contributed by atoms with van der Waals surface area (Å²) in [6.45, 7) is 1.71. The van der Waals surface area contributed by atoms with Crippen LogP contribution >= 0.6 is 0 Å². The number of hydrogen-bond donors (Lipinski definition) is 0. The van der Waals surface area contributed by atoms with E-state index in [2.05, 4.69) is 16.0 Å². The van der Waals surface area contributed by atoms with Crippen LogP contribution in [0.25, 0.3) is 0 Å². The summed E-state index contributed by atoms with van der Waals surface area (Å²) in [4.78, 5) is 7.88. The van der Waals surface area contributed by atoms with Crippen molar-refractivity contribution in [3.05, 3.63) is 47.5 Å². The van der Waals surface area contributed by atoms with Gasteiger partial charge in [0.25, 0.3) is 0 Å². The predicted molar refractivity (Wildman–Crippen MR) is 77.9 cm³/mol. The first kappa shape index (κ1) is 15.1. The van der Waals surface area contributed by atoms with Crippen LogP contribution in [0.5, 0.6) is 11.5 Å². The van der Waals surface area contributed by atoms with E-state index in [1.54, 1.807) is 12.1 Å². The Hall–Kier alpha value is -2.79. The van der Waals surface area contributed by atoms with Crippen molar-refractivity contribution in [2.45, 2.75) is 13.1 Å². The molecule has 1 aliphatic heterocycles. The molecule has 0 saturated carbocycles. The van der Waals surface area contributed by atoms with E-state index in [9.17, 15) is 13.2 Å². The SMILES string of the molecule is Cc1ccc2c(c1)N=C=Nc1cc(C(F)(F)F)ccc1OCO2. The smallest absolute Gasteiger partial charge is 0.416 e. The number of alkyl halides is 3. The van der Waals surface area contributed by atoms with Crippen LogP contribution in [0.4, 0.5) is 24.5 Å². The van der Waals surface area contributed by atoms with Gasteiger partial charge >= 0.3 is 6.18 Å². The van der Waals surface area contributed by atoms with E-state index >= 15 is 0 Å². The Morgan fingerprint density at radius 1 is 0.957 bits per heavy atom. The third-order valence-corrected chi connectivity index (χ3v) is 3.17. The third-order valence-electron chi connectivity index (χ3n) is 3.17. The minimum Gasteiger partial charge on any atom is -0.455 e. The Labute approximate surface area is 129 Å². The highest BCUT2D eigenvalue weighted by Gasteiger charge is 2.31. The molecule has 0 aromatic heterocycles. The lowest BCUT2D eigenvalue weighted by molar-refractivity contribution is -0.137. The summed E-state index contributed by atoms with van der Waals surface area (Å²) in [5.74, 6) is 0.643. The monoisotopic (exact) mass is 320 g/mol. The topological polar surface area (TPSA) is 43.2 Å². The molecule has 0 saturated heterocycles. The van der Waals surface area contributed by atoms with E-state index in [0.29, 0.717) is 11.4 Å². The molecule has 0 spiro atoms. The van der Waals surface area contributed by atoms with Gasteiger partial charge in [-0.3, -0.25) is 0 Å². The van der Waals surface area contributed by atoms with E-state index in [1.165, 1.54) is 6.07 Å². The van der Waals surface area contributed by atoms with Crippen molar-refractivity contribution in [2.24, 2.45) is 9.98 Å². The highest BCUT2D eigenvalue weighted by molar-refractivity contribution is 5.66. The van der Waals surface area contributed by atoms with Crippen LogP contribution in [0.15, 0.2) is 46.4 Å². The Bertz CT molecular complexity index is 809. The van der Waals surface area contributed by atoms with Gasteiger partial charge in [0.05, 0.1) is 5.56 Å². The highest BCUT2D eigenvalue weighted by Crippen LogP contribution is 2.37. The van der Waals surface area contributed by atoms with Gasteiger partial charge < -0.3 is 9.47 Å². The number of halogens is 3. The number of hydrogen-bond acceptors (Lipinski definition) is 4. The molecule has 2 aromatic carbocycles. The van der Waals surface area contributed by atoms with Gasteiger partial charge in [0.15, 0.2) is 0 Å². The van der Waals surface area contributed by atoms with Crippen LogP contribution in [0.2, 0.25) is 0 Å². The standard InChI is InChI=1S/C16H11F3N2O2/c1-10-2-4-14-12(6-10)20-8-21-13-7-11(16(17,18)19)3-5-15(13)23-9-22-14/h2-7H,9H2,1H3. The molecule has 23 heavy (non-hydrogen) atoms. The molecular formula is C16H11F3N2O2.